The standard InChI is InChI=1S/C74H48N2O.C70H46N2O/c1-2-18-53(19-3-1)76(72-30-14-17-51-16-4-5-20-59(51)72)56-40-34-50(35-41-56)49-32-38-54(39-33-49)75(57-44-45-67-64-25-9-8-23-62(64)63-24-10-11-26-65(63)71(67)48-57)55-42-36-52(37-43-55)58-46-47-66(61-22-7-6-21-60(58)61)69-28-15-29-70-68-27-12-13-31-73(68)77-74(69)70;1-2-16-53(17-3-1)72(68-26-12-15-51-14-4-5-18-58(51)68)56-42-36-50(37-43-56)49-34-40-55(41-35-49)71(57-44-45-64-62-21-7-6-19-60(62)61-20-8-9-22-63(61)67(64)46-57)54-38-32-48(33-39-54)47-28-30-52(31-29-47)59-24-13-25-66-65-23-10-11-27-69(65)73-70(59)66/h1-48H;1-46H. The van der Waals surface area contributed by atoms with E-state index in [0.717, 1.165) is 173 Å². The highest BCUT2D eigenvalue weighted by Gasteiger charge is 2.26. The number of hydrogen-bond acceptors (Lipinski definition) is 6. The summed E-state index contributed by atoms with van der Waals surface area (Å²) in [6.07, 6.45) is 0. The highest BCUT2D eigenvalue weighted by Crippen LogP contribution is 2.51. The molecule has 0 unspecified atom stereocenters. The first kappa shape index (κ1) is 87.8. The summed E-state index contributed by atoms with van der Waals surface area (Å²) in [7, 11) is 0. The van der Waals surface area contributed by atoms with Crippen molar-refractivity contribution in [2.24, 2.45) is 0 Å². The molecular formula is C144H94N4O2. The average Bonchev–Trinajstić information content (AvgIpc) is 0.773. The van der Waals surface area contributed by atoms with Crippen LogP contribution in [0.1, 0.15) is 0 Å². The Morgan fingerprint density at radius 2 is 0.347 bits per heavy atom. The van der Waals surface area contributed by atoms with E-state index in [0.29, 0.717) is 0 Å². The summed E-state index contributed by atoms with van der Waals surface area (Å²) in [6, 6.07) is 206. The lowest BCUT2D eigenvalue weighted by atomic mass is 9.91. The topological polar surface area (TPSA) is 39.2 Å². The van der Waals surface area contributed by atoms with Crippen LogP contribution in [0, 0.1) is 0 Å². The summed E-state index contributed by atoms with van der Waals surface area (Å²) >= 11 is 0. The number of hydrogen-bond donors (Lipinski definition) is 0. The number of rotatable bonds is 18. The Bertz CT molecular complexity index is 10200. The molecule has 2 heterocycles. The van der Waals surface area contributed by atoms with Gasteiger partial charge in [0.05, 0.1) is 11.4 Å². The van der Waals surface area contributed by atoms with Gasteiger partial charge in [0.2, 0.25) is 0 Å². The first-order chi connectivity index (χ1) is 74.4. The van der Waals surface area contributed by atoms with Crippen molar-refractivity contribution in [3.8, 4) is 66.8 Å². The van der Waals surface area contributed by atoms with Gasteiger partial charge in [0, 0.05) is 100 Å². The van der Waals surface area contributed by atoms with E-state index in [1.165, 1.54) is 103 Å². The van der Waals surface area contributed by atoms with Crippen molar-refractivity contribution in [1.82, 2.24) is 0 Å². The van der Waals surface area contributed by atoms with Gasteiger partial charge in [-0.15, -0.1) is 0 Å². The molecule has 0 fully saturated rings. The van der Waals surface area contributed by atoms with Gasteiger partial charge in [-0.05, 0) is 287 Å². The number of para-hydroxylation sites is 6. The third-order valence-electron chi connectivity index (χ3n) is 30.3. The first-order valence-electron chi connectivity index (χ1n) is 51.4. The van der Waals surface area contributed by atoms with Crippen LogP contribution < -0.4 is 19.6 Å². The normalized spacial score (nSPS) is 11.6. The SMILES string of the molecule is c1ccc(N(c2ccc(-c3ccc(N(c4ccc(-c5ccc(-c6cccc7c6oc6ccccc67)c6ccccc56)cc4)c4ccc5c6ccccc6c6ccccc6c5c4)cc3)cc2)c2cccc3ccccc23)cc1.c1ccc(N(c2ccc(-c3ccc(N(c4ccc(-c5ccc(-c6cccc7c6oc6ccccc67)cc5)cc4)c4ccc5c6ccccc6c6ccccc6c5c4)cc3)cc2)c2cccc3ccccc23)cc1. The second-order valence-corrected chi connectivity index (χ2v) is 38.8. The molecule has 0 spiro atoms. The fraction of sp³-hybridized carbons (Fsp3) is 0. The Hall–Kier alpha value is -19.9. The summed E-state index contributed by atoms with van der Waals surface area (Å²) < 4.78 is 12.9. The van der Waals surface area contributed by atoms with Crippen LogP contribution in [0.3, 0.4) is 0 Å². The number of anilines is 12. The van der Waals surface area contributed by atoms with Gasteiger partial charge < -0.3 is 28.4 Å². The molecule has 6 nitrogen and oxygen atoms in total. The van der Waals surface area contributed by atoms with E-state index in [4.69, 9.17) is 8.83 Å². The molecule has 702 valence electrons. The predicted molar refractivity (Wildman–Crippen MR) is 636 cm³/mol. The minimum absolute atomic E-state index is 0.904. The molecule has 0 bridgehead atoms. The van der Waals surface area contributed by atoms with Crippen molar-refractivity contribution < 1.29 is 8.83 Å². The lowest BCUT2D eigenvalue weighted by Gasteiger charge is -2.27. The molecule has 0 aliphatic rings. The Kier molecular flexibility index (Phi) is 21.9. The highest BCUT2D eigenvalue weighted by atomic mass is 16.3. The summed E-state index contributed by atoms with van der Waals surface area (Å²) in [5, 5.41) is 26.8. The van der Waals surface area contributed by atoms with E-state index in [-0.39, 0.29) is 0 Å². The Labute approximate surface area is 868 Å². The second kappa shape index (κ2) is 37.4. The Morgan fingerprint density at radius 1 is 0.113 bits per heavy atom. The molecule has 0 radical (unpaired) electrons. The Morgan fingerprint density at radius 3 is 0.727 bits per heavy atom. The molecule has 0 aliphatic carbocycles. The molecule has 0 saturated heterocycles. The van der Waals surface area contributed by atoms with E-state index in [1.807, 2.05) is 18.2 Å². The zero-order valence-electron chi connectivity index (χ0n) is 81.9. The van der Waals surface area contributed by atoms with Crippen molar-refractivity contribution >= 4 is 209 Å². The monoisotopic (exact) mass is 1910 g/mol. The van der Waals surface area contributed by atoms with E-state index < -0.39 is 0 Å². The fourth-order valence-electron chi connectivity index (χ4n) is 23.1. The van der Waals surface area contributed by atoms with Crippen LogP contribution >= 0.6 is 0 Å². The predicted octanol–water partition coefficient (Wildman–Crippen LogP) is 41.4. The second-order valence-electron chi connectivity index (χ2n) is 38.8. The maximum atomic E-state index is 6.55. The van der Waals surface area contributed by atoms with Gasteiger partial charge in [0.1, 0.15) is 22.3 Å². The minimum Gasteiger partial charge on any atom is -0.455 e. The molecule has 2 aromatic heterocycles. The zero-order valence-corrected chi connectivity index (χ0v) is 81.9. The molecular weight excluding hydrogens is 1820 g/mol. The van der Waals surface area contributed by atoms with E-state index >= 15 is 0 Å². The Balaban J connectivity index is 0.000000144. The van der Waals surface area contributed by atoms with Gasteiger partial charge in [-0.3, -0.25) is 0 Å². The van der Waals surface area contributed by atoms with Crippen molar-refractivity contribution in [2.45, 2.75) is 0 Å². The average molecular weight is 1910 g/mol. The molecule has 0 atom stereocenters. The number of fused-ring (bicyclic) bond motifs is 21. The van der Waals surface area contributed by atoms with E-state index in [9.17, 15) is 0 Å². The molecule has 0 saturated carbocycles. The quantitative estimate of drug-likeness (QED) is 0.0798. The van der Waals surface area contributed by atoms with Crippen LogP contribution in [0.2, 0.25) is 0 Å². The van der Waals surface area contributed by atoms with Crippen LogP contribution in [0.25, 0.3) is 208 Å². The fourth-order valence-corrected chi connectivity index (χ4v) is 23.1. The molecule has 29 rings (SSSR count). The van der Waals surface area contributed by atoms with Crippen LogP contribution in [0.4, 0.5) is 68.2 Å². The lowest BCUT2D eigenvalue weighted by molar-refractivity contribution is 0.669. The van der Waals surface area contributed by atoms with E-state index in [2.05, 4.69) is 572 Å². The van der Waals surface area contributed by atoms with Crippen molar-refractivity contribution in [3.05, 3.63) is 570 Å². The van der Waals surface area contributed by atoms with E-state index in [1.54, 1.807) is 0 Å². The smallest absolute Gasteiger partial charge is 0.143 e. The lowest BCUT2D eigenvalue weighted by Crippen LogP contribution is -2.10. The van der Waals surface area contributed by atoms with Crippen molar-refractivity contribution in [3.63, 3.8) is 0 Å². The number of nitrogens with zero attached hydrogens (tertiary/aromatic N) is 4. The summed E-state index contributed by atoms with van der Waals surface area (Å²) in [4.78, 5) is 9.50. The van der Waals surface area contributed by atoms with Crippen LogP contribution in [-0.2, 0) is 0 Å². The van der Waals surface area contributed by atoms with Crippen LogP contribution in [-0.4, -0.2) is 0 Å². The largest absolute Gasteiger partial charge is 0.455 e. The number of benzene rings is 27. The maximum Gasteiger partial charge on any atom is 0.143 e. The zero-order chi connectivity index (χ0) is 99.1. The molecule has 29 aromatic rings. The van der Waals surface area contributed by atoms with Gasteiger partial charge in [0.25, 0.3) is 0 Å². The molecule has 27 aromatic carbocycles. The van der Waals surface area contributed by atoms with Crippen LogP contribution in [0.5, 0.6) is 0 Å². The van der Waals surface area contributed by atoms with Gasteiger partial charge in [-0.1, -0.05) is 425 Å². The van der Waals surface area contributed by atoms with Gasteiger partial charge >= 0.3 is 0 Å². The third kappa shape index (κ3) is 15.6. The van der Waals surface area contributed by atoms with Gasteiger partial charge in [-0.25, -0.2) is 0 Å². The molecule has 0 amide bonds. The highest BCUT2D eigenvalue weighted by molar-refractivity contribution is 6.28. The molecule has 150 heavy (non-hydrogen) atoms. The molecule has 0 aliphatic heterocycles. The summed E-state index contributed by atoms with van der Waals surface area (Å²) in [5.74, 6) is 0. The number of furan rings is 2. The van der Waals surface area contributed by atoms with Gasteiger partial charge in [0.15, 0.2) is 0 Å². The maximum absolute atomic E-state index is 6.55. The third-order valence-corrected chi connectivity index (χ3v) is 30.3. The van der Waals surface area contributed by atoms with Crippen molar-refractivity contribution in [2.75, 3.05) is 19.6 Å². The van der Waals surface area contributed by atoms with Crippen molar-refractivity contribution in [1.29, 1.82) is 0 Å². The summed E-state index contributed by atoms with van der Waals surface area (Å²) in [6.45, 7) is 0. The first-order valence-corrected chi connectivity index (χ1v) is 51.4. The molecule has 0 N–H and O–H groups in total. The minimum atomic E-state index is 0.904. The van der Waals surface area contributed by atoms with Gasteiger partial charge in [-0.2, -0.15) is 0 Å². The van der Waals surface area contributed by atoms with Crippen LogP contribution in [0.15, 0.2) is 579 Å². The molecule has 6 heteroatoms. The summed E-state index contributed by atoms with van der Waals surface area (Å²) in [5.41, 5.74) is 30.6.